The fourth-order valence-corrected chi connectivity index (χ4v) is 3.01. The number of fused-ring (bicyclic) bond motifs is 2. The summed E-state index contributed by atoms with van der Waals surface area (Å²) in [5.41, 5.74) is 0.0267. The highest BCUT2D eigenvalue weighted by Crippen LogP contribution is 2.30. The van der Waals surface area contributed by atoms with Crippen LogP contribution < -0.4 is 10.6 Å². The summed E-state index contributed by atoms with van der Waals surface area (Å²) in [4.78, 5) is 0. The maximum Gasteiger partial charge on any atom is 0.149 e. The van der Waals surface area contributed by atoms with Gasteiger partial charge in [-0.1, -0.05) is 6.07 Å². The Bertz CT molecular complexity index is 390. The third-order valence-corrected chi connectivity index (χ3v) is 3.78. The lowest BCUT2D eigenvalue weighted by Gasteiger charge is -2.30. The Morgan fingerprint density at radius 1 is 1.06 bits per heavy atom. The fraction of sp³-hybridized carbons (Fsp3) is 0.538. The summed E-state index contributed by atoms with van der Waals surface area (Å²) < 4.78 is 27.0. The van der Waals surface area contributed by atoms with Crippen LogP contribution in [0.1, 0.15) is 25.7 Å². The van der Waals surface area contributed by atoms with Crippen molar-refractivity contribution < 1.29 is 8.78 Å². The highest BCUT2D eigenvalue weighted by molar-refractivity contribution is 5.47. The molecule has 2 heterocycles. The van der Waals surface area contributed by atoms with Crippen LogP contribution >= 0.6 is 0 Å². The number of piperidine rings is 1. The summed E-state index contributed by atoms with van der Waals surface area (Å²) in [6, 6.07) is 5.19. The summed E-state index contributed by atoms with van der Waals surface area (Å²) in [6.07, 6.45) is 4.26. The Balaban J connectivity index is 1.74. The first-order valence-corrected chi connectivity index (χ1v) is 6.19. The van der Waals surface area contributed by atoms with E-state index in [4.69, 9.17) is 0 Å². The molecule has 2 bridgehead atoms. The number of para-hydroxylation sites is 1. The van der Waals surface area contributed by atoms with Crippen LogP contribution in [0.5, 0.6) is 0 Å². The molecule has 4 heteroatoms. The van der Waals surface area contributed by atoms with Crippen molar-refractivity contribution in [3.8, 4) is 0 Å². The molecule has 1 aromatic rings. The number of benzene rings is 1. The Morgan fingerprint density at radius 2 is 1.65 bits per heavy atom. The first-order chi connectivity index (χ1) is 8.22. The predicted octanol–water partition coefficient (Wildman–Crippen LogP) is 2.66. The van der Waals surface area contributed by atoms with Crippen LogP contribution in [0.15, 0.2) is 18.2 Å². The molecule has 2 nitrogen and oxygen atoms in total. The molecule has 2 aliphatic rings. The number of hydrogen-bond donors (Lipinski definition) is 2. The fourth-order valence-electron chi connectivity index (χ4n) is 3.01. The van der Waals surface area contributed by atoms with Gasteiger partial charge in [0.1, 0.15) is 17.3 Å². The summed E-state index contributed by atoms with van der Waals surface area (Å²) in [5, 5.41) is 6.54. The van der Waals surface area contributed by atoms with E-state index in [9.17, 15) is 8.78 Å². The molecular weight excluding hydrogens is 222 g/mol. The molecule has 0 saturated carbocycles. The Kier molecular flexibility index (Phi) is 2.74. The van der Waals surface area contributed by atoms with E-state index in [1.807, 2.05) is 0 Å². The van der Waals surface area contributed by atoms with E-state index in [2.05, 4.69) is 10.6 Å². The van der Waals surface area contributed by atoms with E-state index in [1.54, 1.807) is 0 Å². The third kappa shape index (κ3) is 2.14. The lowest BCUT2D eigenvalue weighted by atomic mass is 9.99. The SMILES string of the molecule is Fc1cccc(F)c1NC1CC2CCC(C1)N2. The summed E-state index contributed by atoms with van der Waals surface area (Å²) in [5.74, 6) is -1.01. The number of halogens is 2. The summed E-state index contributed by atoms with van der Waals surface area (Å²) in [6.45, 7) is 0. The van der Waals surface area contributed by atoms with Crippen LogP contribution in [0, 0.1) is 11.6 Å². The van der Waals surface area contributed by atoms with Gasteiger partial charge in [-0.15, -0.1) is 0 Å². The minimum atomic E-state index is -0.504. The average molecular weight is 238 g/mol. The number of anilines is 1. The smallest absolute Gasteiger partial charge is 0.149 e. The van der Waals surface area contributed by atoms with Crippen LogP contribution in [0.25, 0.3) is 0 Å². The molecule has 0 amide bonds. The molecule has 0 aliphatic carbocycles. The molecule has 0 radical (unpaired) electrons. The molecule has 2 N–H and O–H groups in total. The zero-order valence-corrected chi connectivity index (χ0v) is 9.55. The molecule has 2 atom stereocenters. The van der Waals surface area contributed by atoms with Crippen molar-refractivity contribution in [1.29, 1.82) is 0 Å². The van der Waals surface area contributed by atoms with Crippen LogP contribution in [-0.4, -0.2) is 18.1 Å². The molecule has 2 fully saturated rings. The maximum atomic E-state index is 13.5. The molecular formula is C13H16F2N2. The quantitative estimate of drug-likeness (QED) is 0.827. The maximum absolute atomic E-state index is 13.5. The Hall–Kier alpha value is -1.16. The van der Waals surface area contributed by atoms with Gasteiger partial charge >= 0.3 is 0 Å². The zero-order valence-electron chi connectivity index (χ0n) is 9.55. The number of rotatable bonds is 2. The lowest BCUT2D eigenvalue weighted by Crippen LogP contribution is -2.43. The second-order valence-corrected chi connectivity index (χ2v) is 5.05. The van der Waals surface area contributed by atoms with Gasteiger partial charge in [-0.3, -0.25) is 0 Å². The highest BCUT2D eigenvalue weighted by Gasteiger charge is 2.33. The molecule has 2 unspecified atom stereocenters. The topological polar surface area (TPSA) is 24.1 Å². The molecule has 2 saturated heterocycles. The van der Waals surface area contributed by atoms with Crippen molar-refractivity contribution in [3.63, 3.8) is 0 Å². The van der Waals surface area contributed by atoms with E-state index in [0.29, 0.717) is 12.1 Å². The van der Waals surface area contributed by atoms with E-state index < -0.39 is 11.6 Å². The van der Waals surface area contributed by atoms with Crippen molar-refractivity contribution >= 4 is 5.69 Å². The van der Waals surface area contributed by atoms with Gasteiger partial charge in [0.25, 0.3) is 0 Å². The molecule has 92 valence electrons. The normalized spacial score (nSPS) is 31.5. The van der Waals surface area contributed by atoms with Gasteiger partial charge in [-0.05, 0) is 37.8 Å². The van der Waals surface area contributed by atoms with Gasteiger partial charge in [0.05, 0.1) is 0 Å². The number of nitrogens with one attached hydrogen (secondary N) is 2. The number of hydrogen-bond acceptors (Lipinski definition) is 2. The zero-order chi connectivity index (χ0) is 11.8. The first kappa shape index (κ1) is 11.0. The molecule has 3 rings (SSSR count). The van der Waals surface area contributed by atoms with E-state index in [-0.39, 0.29) is 11.7 Å². The van der Waals surface area contributed by atoms with Crippen molar-refractivity contribution in [3.05, 3.63) is 29.8 Å². The third-order valence-electron chi connectivity index (χ3n) is 3.78. The second kappa shape index (κ2) is 4.26. The highest BCUT2D eigenvalue weighted by atomic mass is 19.1. The minimum absolute atomic E-state index is 0.0267. The van der Waals surface area contributed by atoms with Gasteiger partial charge in [0, 0.05) is 18.1 Å². The Labute approximate surface area is 99.4 Å². The van der Waals surface area contributed by atoms with Crippen LogP contribution in [0.2, 0.25) is 0 Å². The van der Waals surface area contributed by atoms with Crippen molar-refractivity contribution in [1.82, 2.24) is 5.32 Å². The van der Waals surface area contributed by atoms with Gasteiger partial charge in [0.15, 0.2) is 0 Å². The molecule has 17 heavy (non-hydrogen) atoms. The standard InChI is InChI=1S/C13H16F2N2/c14-11-2-1-3-12(15)13(11)17-10-6-8-4-5-9(7-10)16-8/h1-3,8-10,16-17H,4-7H2. The van der Waals surface area contributed by atoms with Gasteiger partial charge < -0.3 is 10.6 Å². The van der Waals surface area contributed by atoms with Gasteiger partial charge in [0.2, 0.25) is 0 Å². The van der Waals surface area contributed by atoms with Gasteiger partial charge in [-0.25, -0.2) is 8.78 Å². The molecule has 0 spiro atoms. The van der Waals surface area contributed by atoms with E-state index in [1.165, 1.54) is 31.0 Å². The molecule has 2 aliphatic heterocycles. The second-order valence-electron chi connectivity index (χ2n) is 5.05. The monoisotopic (exact) mass is 238 g/mol. The van der Waals surface area contributed by atoms with Crippen LogP contribution in [0.3, 0.4) is 0 Å². The average Bonchev–Trinajstić information content (AvgIpc) is 2.64. The molecule has 0 aromatic heterocycles. The lowest BCUT2D eigenvalue weighted by molar-refractivity contribution is 0.376. The van der Waals surface area contributed by atoms with Crippen molar-refractivity contribution in [2.24, 2.45) is 0 Å². The minimum Gasteiger partial charge on any atom is -0.377 e. The summed E-state index contributed by atoms with van der Waals surface area (Å²) >= 11 is 0. The molecule has 1 aromatic carbocycles. The Morgan fingerprint density at radius 3 is 2.24 bits per heavy atom. The predicted molar refractivity (Wildman–Crippen MR) is 62.9 cm³/mol. The van der Waals surface area contributed by atoms with Crippen LogP contribution in [-0.2, 0) is 0 Å². The summed E-state index contributed by atoms with van der Waals surface area (Å²) in [7, 11) is 0. The van der Waals surface area contributed by atoms with Crippen LogP contribution in [0.4, 0.5) is 14.5 Å². The van der Waals surface area contributed by atoms with Gasteiger partial charge in [-0.2, -0.15) is 0 Å². The first-order valence-electron chi connectivity index (χ1n) is 6.19. The van der Waals surface area contributed by atoms with Crippen molar-refractivity contribution in [2.45, 2.75) is 43.8 Å². The van der Waals surface area contributed by atoms with E-state index >= 15 is 0 Å². The van der Waals surface area contributed by atoms with Crippen molar-refractivity contribution in [2.75, 3.05) is 5.32 Å². The largest absolute Gasteiger partial charge is 0.377 e. The van der Waals surface area contributed by atoms with E-state index in [0.717, 1.165) is 12.8 Å².